The lowest BCUT2D eigenvalue weighted by Crippen LogP contribution is -2.55. The maximum atomic E-state index is 13.0. The maximum absolute atomic E-state index is 13.0. The fraction of sp³-hybridized carbons (Fsp3) is 0.438. The van der Waals surface area contributed by atoms with Crippen LogP contribution in [0.2, 0.25) is 0 Å². The highest BCUT2D eigenvalue weighted by molar-refractivity contribution is 5.19. The number of aromatic nitrogens is 2. The van der Waals surface area contributed by atoms with Gasteiger partial charge in [-0.1, -0.05) is 12.1 Å². The highest BCUT2D eigenvalue weighted by Crippen LogP contribution is 2.24. The Hall–Kier alpha value is -1.76. The van der Waals surface area contributed by atoms with Crippen molar-refractivity contribution >= 4 is 0 Å². The van der Waals surface area contributed by atoms with Crippen molar-refractivity contribution in [3.05, 3.63) is 53.9 Å². The van der Waals surface area contributed by atoms with E-state index in [4.69, 9.17) is 4.74 Å². The monoisotopic (exact) mass is 305 g/mol. The molecule has 22 heavy (non-hydrogen) atoms. The van der Waals surface area contributed by atoms with Crippen molar-refractivity contribution in [3.8, 4) is 0 Å². The summed E-state index contributed by atoms with van der Waals surface area (Å²) < 4.78 is 18.9. The number of rotatable bonds is 5. The second kappa shape index (κ2) is 6.56. The van der Waals surface area contributed by atoms with E-state index in [1.165, 1.54) is 12.1 Å². The molecule has 118 valence electrons. The van der Waals surface area contributed by atoms with Gasteiger partial charge in [-0.2, -0.15) is 0 Å². The molecular formula is C16H20FN3O2. The van der Waals surface area contributed by atoms with E-state index in [1.54, 1.807) is 24.5 Å². The average molecular weight is 305 g/mol. The van der Waals surface area contributed by atoms with Crippen LogP contribution in [0.1, 0.15) is 11.4 Å². The van der Waals surface area contributed by atoms with Crippen molar-refractivity contribution in [2.24, 2.45) is 0 Å². The van der Waals surface area contributed by atoms with Gasteiger partial charge >= 0.3 is 0 Å². The van der Waals surface area contributed by atoms with Crippen LogP contribution in [-0.2, 0) is 17.7 Å². The van der Waals surface area contributed by atoms with Crippen molar-refractivity contribution in [1.82, 2.24) is 14.9 Å². The fourth-order valence-electron chi connectivity index (χ4n) is 2.89. The predicted octanol–water partition coefficient (Wildman–Crippen LogP) is 1.35. The third-order valence-electron chi connectivity index (χ3n) is 3.98. The van der Waals surface area contributed by atoms with E-state index < -0.39 is 5.60 Å². The average Bonchev–Trinajstić information content (AvgIpc) is 3.03. The summed E-state index contributed by atoms with van der Waals surface area (Å²) >= 11 is 0. The molecule has 0 radical (unpaired) electrons. The van der Waals surface area contributed by atoms with Gasteiger partial charge in [0, 0.05) is 31.9 Å². The van der Waals surface area contributed by atoms with E-state index in [9.17, 15) is 9.50 Å². The topological polar surface area (TPSA) is 61.4 Å². The largest absolute Gasteiger partial charge is 0.393 e. The zero-order valence-electron chi connectivity index (χ0n) is 12.3. The van der Waals surface area contributed by atoms with Gasteiger partial charge in [-0.05, 0) is 17.7 Å². The molecule has 1 aromatic heterocycles. The van der Waals surface area contributed by atoms with Gasteiger partial charge in [-0.15, -0.1) is 0 Å². The molecule has 0 spiro atoms. The molecule has 0 bridgehead atoms. The molecule has 0 aliphatic carbocycles. The van der Waals surface area contributed by atoms with Crippen LogP contribution in [0.25, 0.3) is 0 Å². The van der Waals surface area contributed by atoms with Crippen molar-refractivity contribution in [1.29, 1.82) is 0 Å². The quantitative estimate of drug-likeness (QED) is 0.875. The molecule has 1 fully saturated rings. The van der Waals surface area contributed by atoms with Gasteiger partial charge in [0.2, 0.25) is 0 Å². The second-order valence-electron chi connectivity index (χ2n) is 5.74. The lowest BCUT2D eigenvalue weighted by atomic mass is 9.93. The standard InChI is InChI=1S/C16H20FN3O2/c17-14-3-1-13(2-4-14)9-16(12-21)11-20(7-8-22-16)10-15-18-5-6-19-15/h1-6,21H,7-12H2,(H,18,19)/t16-/m0/s1. The molecule has 3 rings (SSSR count). The number of nitrogens with one attached hydrogen (secondary N) is 1. The molecule has 2 aromatic rings. The molecule has 5 nitrogen and oxygen atoms in total. The molecule has 0 amide bonds. The zero-order valence-corrected chi connectivity index (χ0v) is 12.3. The first-order valence-electron chi connectivity index (χ1n) is 7.39. The van der Waals surface area contributed by atoms with Crippen molar-refractivity contribution < 1.29 is 14.2 Å². The van der Waals surface area contributed by atoms with Crippen molar-refractivity contribution in [2.45, 2.75) is 18.6 Å². The van der Waals surface area contributed by atoms with Gasteiger partial charge < -0.3 is 14.8 Å². The number of aromatic amines is 1. The number of imidazole rings is 1. The molecule has 0 saturated carbocycles. The number of aliphatic hydroxyl groups excluding tert-OH is 1. The van der Waals surface area contributed by atoms with Crippen LogP contribution in [0.5, 0.6) is 0 Å². The van der Waals surface area contributed by atoms with Crippen LogP contribution < -0.4 is 0 Å². The van der Waals surface area contributed by atoms with Gasteiger partial charge in [0.1, 0.15) is 17.2 Å². The van der Waals surface area contributed by atoms with Crippen LogP contribution in [0, 0.1) is 5.82 Å². The number of H-pyrrole nitrogens is 1. The first-order chi connectivity index (χ1) is 10.7. The number of ether oxygens (including phenoxy) is 1. The van der Waals surface area contributed by atoms with Crippen molar-refractivity contribution in [3.63, 3.8) is 0 Å². The van der Waals surface area contributed by atoms with E-state index >= 15 is 0 Å². The molecule has 1 aromatic carbocycles. The SMILES string of the molecule is OC[C@]1(Cc2ccc(F)cc2)CN(Cc2ncc[nH]2)CCO1. The van der Waals surface area contributed by atoms with Crippen molar-refractivity contribution in [2.75, 3.05) is 26.3 Å². The molecule has 1 aliphatic rings. The van der Waals surface area contributed by atoms with Gasteiger partial charge in [0.15, 0.2) is 0 Å². The number of hydrogen-bond acceptors (Lipinski definition) is 4. The van der Waals surface area contributed by atoms with Gasteiger partial charge in [0.25, 0.3) is 0 Å². The Balaban J connectivity index is 1.69. The van der Waals surface area contributed by atoms with E-state index in [2.05, 4.69) is 14.9 Å². The Bertz CT molecular complexity index is 588. The second-order valence-corrected chi connectivity index (χ2v) is 5.74. The summed E-state index contributed by atoms with van der Waals surface area (Å²) in [6.45, 7) is 2.59. The Kier molecular flexibility index (Phi) is 4.52. The summed E-state index contributed by atoms with van der Waals surface area (Å²) in [5, 5.41) is 9.85. The number of morpholine rings is 1. The number of aliphatic hydroxyl groups is 1. The van der Waals surface area contributed by atoms with Crippen LogP contribution in [-0.4, -0.2) is 51.9 Å². The number of nitrogens with zero attached hydrogens (tertiary/aromatic N) is 2. The third kappa shape index (κ3) is 3.52. The van der Waals surface area contributed by atoms with Gasteiger partial charge in [-0.3, -0.25) is 4.90 Å². The summed E-state index contributed by atoms with van der Waals surface area (Å²) in [6, 6.07) is 6.34. The minimum atomic E-state index is -0.650. The highest BCUT2D eigenvalue weighted by atomic mass is 19.1. The minimum absolute atomic E-state index is 0.0704. The number of hydrogen-bond donors (Lipinski definition) is 2. The molecule has 0 unspecified atom stereocenters. The van der Waals surface area contributed by atoms with E-state index in [1.807, 2.05) is 0 Å². The fourth-order valence-corrected chi connectivity index (χ4v) is 2.89. The summed E-state index contributed by atoms with van der Waals surface area (Å²) in [5.74, 6) is 0.640. The number of halogens is 1. The molecular weight excluding hydrogens is 285 g/mol. The van der Waals surface area contributed by atoms with Crippen LogP contribution in [0.3, 0.4) is 0 Å². The Labute approximate surface area is 128 Å². The van der Waals surface area contributed by atoms with Crippen LogP contribution in [0.15, 0.2) is 36.7 Å². The summed E-state index contributed by atoms with van der Waals surface area (Å²) in [4.78, 5) is 9.53. The molecule has 1 atom stereocenters. The normalized spacial score (nSPS) is 22.8. The molecule has 2 N–H and O–H groups in total. The molecule has 6 heteroatoms. The van der Waals surface area contributed by atoms with Crippen LogP contribution >= 0.6 is 0 Å². The number of benzene rings is 1. The lowest BCUT2D eigenvalue weighted by molar-refractivity contribution is -0.134. The predicted molar refractivity (Wildman–Crippen MR) is 79.7 cm³/mol. The van der Waals surface area contributed by atoms with Gasteiger partial charge in [-0.25, -0.2) is 9.37 Å². The lowest BCUT2D eigenvalue weighted by Gasteiger charge is -2.41. The molecule has 1 saturated heterocycles. The first-order valence-corrected chi connectivity index (χ1v) is 7.39. The molecule has 1 aliphatic heterocycles. The van der Waals surface area contributed by atoms with Gasteiger partial charge in [0.05, 0.1) is 19.8 Å². The minimum Gasteiger partial charge on any atom is -0.393 e. The Morgan fingerprint density at radius 2 is 2.18 bits per heavy atom. The van der Waals surface area contributed by atoms with E-state index in [0.29, 0.717) is 26.1 Å². The summed E-state index contributed by atoms with van der Waals surface area (Å²) in [5.41, 5.74) is 0.304. The first kappa shape index (κ1) is 15.1. The highest BCUT2D eigenvalue weighted by Gasteiger charge is 2.36. The van der Waals surface area contributed by atoms with Crippen LogP contribution in [0.4, 0.5) is 4.39 Å². The Morgan fingerprint density at radius 3 is 2.86 bits per heavy atom. The van der Waals surface area contributed by atoms with E-state index in [-0.39, 0.29) is 12.4 Å². The summed E-state index contributed by atoms with van der Waals surface area (Å²) in [7, 11) is 0. The smallest absolute Gasteiger partial charge is 0.123 e. The van der Waals surface area contributed by atoms with E-state index in [0.717, 1.165) is 17.9 Å². The Morgan fingerprint density at radius 1 is 1.36 bits per heavy atom. The maximum Gasteiger partial charge on any atom is 0.123 e. The summed E-state index contributed by atoms with van der Waals surface area (Å²) in [6.07, 6.45) is 4.08. The third-order valence-corrected chi connectivity index (χ3v) is 3.98. The zero-order chi connectivity index (χ0) is 15.4. The molecule has 2 heterocycles.